The number of hydrogen-bond acceptors (Lipinski definition) is 3. The average molecular weight is 347 g/mol. The van der Waals surface area contributed by atoms with Crippen molar-refractivity contribution in [1.82, 2.24) is 15.1 Å². The van der Waals surface area contributed by atoms with Crippen LogP contribution in [-0.2, 0) is 17.8 Å². The molecule has 2 aromatic carbocycles. The summed E-state index contributed by atoms with van der Waals surface area (Å²) in [7, 11) is 0. The number of hydrogen-bond donors (Lipinski definition) is 1. The van der Waals surface area contributed by atoms with Crippen LogP contribution in [0.5, 0.6) is 5.75 Å². The Balaban J connectivity index is 1.40. The van der Waals surface area contributed by atoms with Crippen molar-refractivity contribution in [2.75, 3.05) is 13.2 Å². The van der Waals surface area contributed by atoms with Crippen molar-refractivity contribution in [3.05, 3.63) is 71.9 Å². The maximum Gasteiger partial charge on any atom is 0.226 e. The van der Waals surface area contributed by atoms with Crippen molar-refractivity contribution in [3.63, 3.8) is 0 Å². The third-order valence-corrected chi connectivity index (χ3v) is 4.66. The summed E-state index contributed by atoms with van der Waals surface area (Å²) in [5.74, 6) is 0.911. The van der Waals surface area contributed by atoms with Gasteiger partial charge < -0.3 is 9.64 Å². The third kappa shape index (κ3) is 3.47. The number of fused-ring (bicyclic) bond motifs is 1. The SMILES string of the molecule is O=C(CCOc1ccccc1)N1CCc2[nH]nc(-c3ccccc3)c2C1. The Bertz CT molecular complexity index is 875. The molecule has 1 aromatic heterocycles. The van der Waals surface area contributed by atoms with Gasteiger partial charge in [0.15, 0.2) is 0 Å². The second-order valence-electron chi connectivity index (χ2n) is 6.37. The predicted octanol–water partition coefficient (Wildman–Crippen LogP) is 3.43. The maximum atomic E-state index is 12.6. The number of nitrogens with zero attached hydrogens (tertiary/aromatic N) is 2. The molecule has 0 atom stereocenters. The number of para-hydroxylation sites is 1. The number of amides is 1. The summed E-state index contributed by atoms with van der Waals surface area (Å²) in [6.45, 7) is 1.71. The number of aromatic amines is 1. The Morgan fingerprint density at radius 3 is 2.58 bits per heavy atom. The van der Waals surface area contributed by atoms with Gasteiger partial charge in [0.2, 0.25) is 5.91 Å². The molecule has 5 heteroatoms. The van der Waals surface area contributed by atoms with Crippen LogP contribution in [0.3, 0.4) is 0 Å². The first kappa shape index (κ1) is 16.4. The molecule has 1 aliphatic heterocycles. The summed E-state index contributed by atoms with van der Waals surface area (Å²) in [5.41, 5.74) is 4.28. The molecule has 0 radical (unpaired) electrons. The van der Waals surface area contributed by atoms with Crippen molar-refractivity contribution < 1.29 is 9.53 Å². The molecule has 0 unspecified atom stereocenters. The van der Waals surface area contributed by atoms with Crippen LogP contribution in [-0.4, -0.2) is 34.2 Å². The molecule has 0 saturated heterocycles. The largest absolute Gasteiger partial charge is 0.493 e. The van der Waals surface area contributed by atoms with Crippen molar-refractivity contribution in [2.45, 2.75) is 19.4 Å². The number of ether oxygens (including phenoxy) is 1. The Labute approximate surface area is 152 Å². The van der Waals surface area contributed by atoms with Crippen molar-refractivity contribution in [2.24, 2.45) is 0 Å². The number of nitrogens with one attached hydrogen (secondary N) is 1. The van der Waals surface area contributed by atoms with Gasteiger partial charge in [0.25, 0.3) is 0 Å². The quantitative estimate of drug-likeness (QED) is 0.769. The summed E-state index contributed by atoms with van der Waals surface area (Å²) in [4.78, 5) is 14.5. The van der Waals surface area contributed by atoms with Crippen LogP contribution >= 0.6 is 0 Å². The van der Waals surface area contributed by atoms with E-state index in [1.807, 2.05) is 65.6 Å². The molecule has 2 heterocycles. The molecule has 132 valence electrons. The Morgan fingerprint density at radius 1 is 1.08 bits per heavy atom. The first-order valence-electron chi connectivity index (χ1n) is 8.88. The van der Waals surface area contributed by atoms with Gasteiger partial charge in [0.05, 0.1) is 18.7 Å². The highest BCUT2D eigenvalue weighted by molar-refractivity contribution is 5.77. The van der Waals surface area contributed by atoms with Crippen molar-refractivity contribution in [1.29, 1.82) is 0 Å². The first-order chi connectivity index (χ1) is 12.8. The standard InChI is InChI=1S/C21H21N3O2/c25-20(12-14-26-17-9-5-2-6-10-17)24-13-11-19-18(15-24)21(23-22-19)16-7-3-1-4-8-16/h1-10H,11-15H2,(H,22,23). The maximum absolute atomic E-state index is 12.6. The van der Waals surface area contributed by atoms with Gasteiger partial charge in [0.1, 0.15) is 5.75 Å². The van der Waals surface area contributed by atoms with E-state index in [4.69, 9.17) is 4.74 Å². The molecule has 0 fully saturated rings. The number of carbonyl (C=O) groups is 1. The molecule has 0 bridgehead atoms. The third-order valence-electron chi connectivity index (χ3n) is 4.66. The van der Waals surface area contributed by atoms with Gasteiger partial charge in [-0.25, -0.2) is 0 Å². The van der Waals surface area contributed by atoms with Crippen molar-refractivity contribution in [3.8, 4) is 17.0 Å². The summed E-state index contributed by atoms with van der Waals surface area (Å²) >= 11 is 0. The Hall–Kier alpha value is -3.08. The van der Waals surface area contributed by atoms with E-state index in [1.54, 1.807) is 0 Å². The van der Waals surface area contributed by atoms with Gasteiger partial charge in [0, 0.05) is 36.3 Å². The summed E-state index contributed by atoms with van der Waals surface area (Å²) < 4.78 is 5.65. The van der Waals surface area contributed by atoms with Crippen LogP contribution in [0.2, 0.25) is 0 Å². The number of carbonyl (C=O) groups excluding carboxylic acids is 1. The van der Waals surface area contributed by atoms with Gasteiger partial charge in [-0.1, -0.05) is 48.5 Å². The molecule has 4 rings (SSSR count). The normalized spacial score (nSPS) is 13.3. The van der Waals surface area contributed by atoms with Crippen LogP contribution in [0, 0.1) is 0 Å². The minimum Gasteiger partial charge on any atom is -0.493 e. The van der Waals surface area contributed by atoms with E-state index in [2.05, 4.69) is 10.2 Å². The highest BCUT2D eigenvalue weighted by Gasteiger charge is 2.25. The number of aromatic nitrogens is 2. The molecule has 1 aliphatic rings. The van der Waals surface area contributed by atoms with E-state index in [0.717, 1.165) is 34.7 Å². The molecule has 0 saturated carbocycles. The van der Waals surface area contributed by atoms with Crippen LogP contribution in [0.4, 0.5) is 0 Å². The molecule has 26 heavy (non-hydrogen) atoms. The second kappa shape index (κ2) is 7.44. The van der Waals surface area contributed by atoms with E-state index in [0.29, 0.717) is 26.1 Å². The lowest BCUT2D eigenvalue weighted by Crippen LogP contribution is -2.36. The van der Waals surface area contributed by atoms with E-state index in [-0.39, 0.29) is 5.91 Å². The fourth-order valence-electron chi connectivity index (χ4n) is 3.27. The highest BCUT2D eigenvalue weighted by Crippen LogP contribution is 2.28. The fraction of sp³-hybridized carbons (Fsp3) is 0.238. The van der Waals surface area contributed by atoms with Crippen LogP contribution in [0.1, 0.15) is 17.7 Å². The molecule has 0 aliphatic carbocycles. The minimum atomic E-state index is 0.117. The molecule has 0 spiro atoms. The Morgan fingerprint density at radius 2 is 1.81 bits per heavy atom. The molecule has 5 nitrogen and oxygen atoms in total. The van der Waals surface area contributed by atoms with Gasteiger partial charge in [-0.3, -0.25) is 9.89 Å². The molecule has 1 amide bonds. The monoisotopic (exact) mass is 347 g/mol. The van der Waals surface area contributed by atoms with Crippen LogP contribution < -0.4 is 4.74 Å². The highest BCUT2D eigenvalue weighted by atomic mass is 16.5. The number of benzene rings is 2. The van der Waals surface area contributed by atoms with Crippen molar-refractivity contribution >= 4 is 5.91 Å². The predicted molar refractivity (Wildman–Crippen MR) is 99.7 cm³/mol. The summed E-state index contributed by atoms with van der Waals surface area (Å²) in [6.07, 6.45) is 1.18. The first-order valence-corrected chi connectivity index (χ1v) is 8.88. The smallest absolute Gasteiger partial charge is 0.226 e. The lowest BCUT2D eigenvalue weighted by atomic mass is 10.0. The number of rotatable bonds is 5. The summed E-state index contributed by atoms with van der Waals surface area (Å²) in [6, 6.07) is 19.7. The minimum absolute atomic E-state index is 0.117. The van der Waals surface area contributed by atoms with E-state index >= 15 is 0 Å². The van der Waals surface area contributed by atoms with E-state index < -0.39 is 0 Å². The van der Waals surface area contributed by atoms with Gasteiger partial charge in [-0.05, 0) is 12.1 Å². The summed E-state index contributed by atoms with van der Waals surface area (Å²) in [5, 5.41) is 7.61. The fourth-order valence-corrected chi connectivity index (χ4v) is 3.27. The zero-order chi connectivity index (χ0) is 17.8. The molecule has 1 N–H and O–H groups in total. The molecule has 3 aromatic rings. The lowest BCUT2D eigenvalue weighted by Gasteiger charge is -2.27. The Kier molecular flexibility index (Phi) is 4.69. The van der Waals surface area contributed by atoms with Gasteiger partial charge >= 0.3 is 0 Å². The number of H-pyrrole nitrogens is 1. The van der Waals surface area contributed by atoms with Crippen LogP contribution in [0.15, 0.2) is 60.7 Å². The molecular formula is C21H21N3O2. The van der Waals surface area contributed by atoms with Gasteiger partial charge in [-0.2, -0.15) is 5.10 Å². The zero-order valence-corrected chi connectivity index (χ0v) is 14.5. The second-order valence-corrected chi connectivity index (χ2v) is 6.37. The van der Waals surface area contributed by atoms with E-state index in [1.165, 1.54) is 0 Å². The average Bonchev–Trinajstić information content (AvgIpc) is 3.12. The van der Waals surface area contributed by atoms with Gasteiger partial charge in [-0.15, -0.1) is 0 Å². The molecular weight excluding hydrogens is 326 g/mol. The van der Waals surface area contributed by atoms with Crippen LogP contribution in [0.25, 0.3) is 11.3 Å². The topological polar surface area (TPSA) is 58.2 Å². The zero-order valence-electron chi connectivity index (χ0n) is 14.5. The van der Waals surface area contributed by atoms with E-state index in [9.17, 15) is 4.79 Å². The lowest BCUT2D eigenvalue weighted by molar-refractivity contribution is -0.132.